The summed E-state index contributed by atoms with van der Waals surface area (Å²) in [7, 11) is 1.35. The third-order valence-electron chi connectivity index (χ3n) is 4.75. The number of benzene rings is 1. The van der Waals surface area contributed by atoms with Gasteiger partial charge in [-0.2, -0.15) is 0 Å². The van der Waals surface area contributed by atoms with Crippen LogP contribution in [0.1, 0.15) is 34.8 Å². The van der Waals surface area contributed by atoms with E-state index in [-0.39, 0.29) is 5.76 Å². The largest absolute Gasteiger partial charge is 0.463 e. The van der Waals surface area contributed by atoms with Gasteiger partial charge >= 0.3 is 5.97 Å². The Morgan fingerprint density at radius 2 is 1.96 bits per heavy atom. The SMILES string of the molecule is COC(=O)c1occc1CSc1nnc(CN2CCCC2)n1-c1ccccc1. The van der Waals surface area contributed by atoms with Crippen molar-refractivity contribution in [1.82, 2.24) is 19.7 Å². The van der Waals surface area contributed by atoms with Gasteiger partial charge in [0.05, 0.1) is 19.9 Å². The van der Waals surface area contributed by atoms with Gasteiger partial charge in [0.15, 0.2) is 11.0 Å². The van der Waals surface area contributed by atoms with Gasteiger partial charge in [-0.05, 0) is 44.1 Å². The molecule has 8 heteroatoms. The highest BCUT2D eigenvalue weighted by Gasteiger charge is 2.21. The van der Waals surface area contributed by atoms with Crippen LogP contribution in [0.2, 0.25) is 0 Å². The van der Waals surface area contributed by atoms with Crippen molar-refractivity contribution in [2.45, 2.75) is 30.3 Å². The van der Waals surface area contributed by atoms with Gasteiger partial charge in [-0.15, -0.1) is 10.2 Å². The molecule has 0 radical (unpaired) electrons. The van der Waals surface area contributed by atoms with Crippen molar-refractivity contribution in [3.05, 3.63) is 59.8 Å². The Bertz CT molecular complexity index is 932. The maximum absolute atomic E-state index is 11.8. The van der Waals surface area contributed by atoms with Crippen LogP contribution in [0.15, 0.2) is 52.2 Å². The molecule has 1 aromatic carbocycles. The number of methoxy groups -OCH3 is 1. The third-order valence-corrected chi connectivity index (χ3v) is 5.73. The first-order valence-electron chi connectivity index (χ1n) is 9.26. The molecule has 0 spiro atoms. The van der Waals surface area contributed by atoms with Gasteiger partial charge in [0.1, 0.15) is 0 Å². The summed E-state index contributed by atoms with van der Waals surface area (Å²) >= 11 is 1.52. The van der Waals surface area contributed by atoms with Crippen LogP contribution in [0.3, 0.4) is 0 Å². The number of carbonyl (C=O) groups is 1. The van der Waals surface area contributed by atoms with Crippen molar-refractivity contribution in [2.24, 2.45) is 0 Å². The van der Waals surface area contributed by atoms with Crippen LogP contribution in [-0.4, -0.2) is 45.8 Å². The number of esters is 1. The van der Waals surface area contributed by atoms with Crippen molar-refractivity contribution >= 4 is 17.7 Å². The summed E-state index contributed by atoms with van der Waals surface area (Å²) in [5.74, 6) is 1.23. The monoisotopic (exact) mass is 398 g/mol. The van der Waals surface area contributed by atoms with E-state index in [1.54, 1.807) is 6.07 Å². The molecule has 0 unspecified atom stereocenters. The molecule has 0 aliphatic carbocycles. The molecule has 1 saturated heterocycles. The smallest absolute Gasteiger partial charge is 0.374 e. The molecule has 0 atom stereocenters. The lowest BCUT2D eigenvalue weighted by molar-refractivity contribution is 0.0564. The summed E-state index contributed by atoms with van der Waals surface area (Å²) < 4.78 is 12.2. The lowest BCUT2D eigenvalue weighted by Crippen LogP contribution is -2.21. The van der Waals surface area contributed by atoms with Gasteiger partial charge < -0.3 is 9.15 Å². The normalized spacial score (nSPS) is 14.5. The van der Waals surface area contributed by atoms with Crippen LogP contribution >= 0.6 is 11.8 Å². The highest BCUT2D eigenvalue weighted by atomic mass is 32.2. The van der Waals surface area contributed by atoms with Gasteiger partial charge in [0.25, 0.3) is 0 Å². The van der Waals surface area contributed by atoms with Crippen LogP contribution in [-0.2, 0) is 17.0 Å². The molecular weight excluding hydrogens is 376 g/mol. The molecule has 7 nitrogen and oxygen atoms in total. The molecule has 0 amide bonds. The van der Waals surface area contributed by atoms with Gasteiger partial charge in [-0.1, -0.05) is 30.0 Å². The average Bonchev–Trinajstić information content (AvgIpc) is 3.48. The number of carbonyl (C=O) groups excluding carboxylic acids is 1. The Morgan fingerprint density at radius 1 is 1.18 bits per heavy atom. The standard InChI is InChI=1S/C20H22N4O3S/c1-26-19(25)18-15(9-12-27-18)14-28-20-22-21-17(13-23-10-5-6-11-23)24(20)16-7-3-2-4-8-16/h2-4,7-9,12H,5-6,10-11,13-14H2,1H3. The number of para-hydroxylation sites is 1. The summed E-state index contributed by atoms with van der Waals surface area (Å²) in [5, 5.41) is 9.69. The molecule has 0 saturated carbocycles. The zero-order valence-electron chi connectivity index (χ0n) is 15.7. The van der Waals surface area contributed by atoms with Crippen LogP contribution in [0.5, 0.6) is 0 Å². The molecule has 146 valence electrons. The molecule has 3 aromatic rings. The number of nitrogens with zero attached hydrogens (tertiary/aromatic N) is 4. The van der Waals surface area contributed by atoms with Crippen molar-refractivity contribution in [3.63, 3.8) is 0 Å². The number of furan rings is 1. The van der Waals surface area contributed by atoms with E-state index in [0.717, 1.165) is 41.9 Å². The van der Waals surface area contributed by atoms with E-state index in [1.807, 2.05) is 18.2 Å². The van der Waals surface area contributed by atoms with E-state index in [9.17, 15) is 4.79 Å². The fourth-order valence-electron chi connectivity index (χ4n) is 3.34. The molecule has 0 bridgehead atoms. The third kappa shape index (κ3) is 3.98. The lowest BCUT2D eigenvalue weighted by Gasteiger charge is -2.15. The number of aromatic nitrogens is 3. The average molecular weight is 398 g/mol. The molecule has 2 aromatic heterocycles. The molecule has 1 aliphatic heterocycles. The Balaban J connectivity index is 1.59. The first-order valence-corrected chi connectivity index (χ1v) is 10.2. The molecular formula is C20H22N4O3S. The zero-order chi connectivity index (χ0) is 19.3. The van der Waals surface area contributed by atoms with E-state index in [1.165, 1.54) is 38.0 Å². The van der Waals surface area contributed by atoms with Gasteiger partial charge in [-0.3, -0.25) is 9.47 Å². The predicted octanol–water partition coefficient (Wildman–Crippen LogP) is 3.54. The number of rotatable bonds is 7. The second kappa shape index (κ2) is 8.62. The highest BCUT2D eigenvalue weighted by Crippen LogP contribution is 2.28. The second-order valence-corrected chi connectivity index (χ2v) is 7.55. The fourth-order valence-corrected chi connectivity index (χ4v) is 4.29. The van der Waals surface area contributed by atoms with Crippen molar-refractivity contribution in [2.75, 3.05) is 20.2 Å². The fraction of sp³-hybridized carbons (Fsp3) is 0.350. The Labute approximate surface area is 167 Å². The Morgan fingerprint density at radius 3 is 2.71 bits per heavy atom. The van der Waals surface area contributed by atoms with Crippen molar-refractivity contribution in [3.8, 4) is 5.69 Å². The molecule has 1 aliphatic rings. The topological polar surface area (TPSA) is 73.4 Å². The minimum absolute atomic E-state index is 0.234. The minimum atomic E-state index is -0.472. The van der Waals surface area contributed by atoms with Crippen LogP contribution in [0, 0.1) is 0 Å². The number of likely N-dealkylation sites (tertiary alicyclic amines) is 1. The maximum atomic E-state index is 11.8. The first kappa shape index (κ1) is 18.8. The Kier molecular flexibility index (Phi) is 5.78. The van der Waals surface area contributed by atoms with E-state index in [0.29, 0.717) is 5.75 Å². The van der Waals surface area contributed by atoms with Gasteiger partial charge in [0.2, 0.25) is 5.76 Å². The summed E-state index contributed by atoms with van der Waals surface area (Å²) in [6, 6.07) is 11.9. The molecule has 4 rings (SSSR count). The Hall–Kier alpha value is -2.58. The molecule has 1 fully saturated rings. The molecule has 3 heterocycles. The van der Waals surface area contributed by atoms with E-state index >= 15 is 0 Å². The van der Waals surface area contributed by atoms with Gasteiger partial charge in [-0.25, -0.2) is 4.79 Å². The lowest BCUT2D eigenvalue weighted by atomic mass is 10.3. The number of hydrogen-bond donors (Lipinski definition) is 0. The summed E-state index contributed by atoms with van der Waals surface area (Å²) in [4.78, 5) is 14.2. The maximum Gasteiger partial charge on any atom is 0.374 e. The van der Waals surface area contributed by atoms with E-state index in [4.69, 9.17) is 9.15 Å². The summed E-state index contributed by atoms with van der Waals surface area (Å²) in [6.07, 6.45) is 3.97. The minimum Gasteiger partial charge on any atom is -0.463 e. The quantitative estimate of drug-likeness (QED) is 0.445. The second-order valence-electron chi connectivity index (χ2n) is 6.61. The van der Waals surface area contributed by atoms with Crippen molar-refractivity contribution < 1.29 is 13.9 Å². The summed E-state index contributed by atoms with van der Waals surface area (Å²) in [5.41, 5.74) is 1.81. The summed E-state index contributed by atoms with van der Waals surface area (Å²) in [6.45, 7) is 2.98. The first-order chi connectivity index (χ1) is 13.8. The predicted molar refractivity (Wildman–Crippen MR) is 105 cm³/mol. The van der Waals surface area contributed by atoms with E-state index in [2.05, 4.69) is 31.8 Å². The van der Waals surface area contributed by atoms with Crippen LogP contribution in [0.25, 0.3) is 5.69 Å². The number of hydrogen-bond acceptors (Lipinski definition) is 7. The van der Waals surface area contributed by atoms with Crippen LogP contribution < -0.4 is 0 Å². The van der Waals surface area contributed by atoms with Crippen LogP contribution in [0.4, 0.5) is 0 Å². The molecule has 0 N–H and O–H groups in total. The highest BCUT2D eigenvalue weighted by molar-refractivity contribution is 7.98. The molecule has 28 heavy (non-hydrogen) atoms. The van der Waals surface area contributed by atoms with E-state index < -0.39 is 5.97 Å². The van der Waals surface area contributed by atoms with Gasteiger partial charge in [0, 0.05) is 17.0 Å². The number of ether oxygens (including phenoxy) is 1. The zero-order valence-corrected chi connectivity index (χ0v) is 16.5. The van der Waals surface area contributed by atoms with Crippen molar-refractivity contribution in [1.29, 1.82) is 0 Å². The number of thioether (sulfide) groups is 1.